The van der Waals surface area contributed by atoms with Crippen LogP contribution in [0.25, 0.3) is 20.9 Å². The van der Waals surface area contributed by atoms with Gasteiger partial charge >= 0.3 is 6.09 Å². The summed E-state index contributed by atoms with van der Waals surface area (Å²) >= 11 is 1.51. The summed E-state index contributed by atoms with van der Waals surface area (Å²) in [6, 6.07) is 30.8. The Morgan fingerprint density at radius 3 is 2.48 bits per heavy atom. The molecule has 1 aromatic heterocycles. The fourth-order valence-corrected chi connectivity index (χ4v) is 12.0. The van der Waals surface area contributed by atoms with Gasteiger partial charge in [-0.2, -0.15) is 0 Å². The molecule has 316 valence electrons. The fourth-order valence-electron chi connectivity index (χ4n) is 11.0. The average Bonchev–Trinajstić information content (AvgIpc) is 3.77. The van der Waals surface area contributed by atoms with E-state index in [0.29, 0.717) is 60.9 Å². The maximum atomic E-state index is 14.9. The van der Waals surface area contributed by atoms with E-state index < -0.39 is 17.1 Å². The van der Waals surface area contributed by atoms with Crippen LogP contribution in [0.4, 0.5) is 4.79 Å². The molecule has 4 aliphatic rings. The minimum absolute atomic E-state index is 0.0225. The molecule has 2 N–H and O–H groups in total. The van der Waals surface area contributed by atoms with Crippen molar-refractivity contribution in [1.29, 1.82) is 0 Å². The number of rotatable bonds is 8. The van der Waals surface area contributed by atoms with Gasteiger partial charge in [-0.25, -0.2) is 4.79 Å². The highest BCUT2D eigenvalue weighted by molar-refractivity contribution is 7.21. The molecule has 1 heterocycles. The number of amides is 1. The number of thiophene rings is 1. The van der Waals surface area contributed by atoms with E-state index in [1.165, 1.54) is 16.9 Å². The highest BCUT2D eigenvalue weighted by Gasteiger charge is 2.58. The zero-order valence-corrected chi connectivity index (χ0v) is 37.0. The van der Waals surface area contributed by atoms with Crippen LogP contribution in [-0.2, 0) is 17.7 Å². The van der Waals surface area contributed by atoms with Crippen molar-refractivity contribution in [2.45, 2.75) is 129 Å². The smallest absolute Gasteiger partial charge is 0.410 e. The lowest BCUT2D eigenvalue weighted by atomic mass is 9.64. The molecule has 0 saturated heterocycles. The Bertz CT molecular complexity index is 2340. The number of carbonyl (C=O) groups is 2. The zero-order valence-electron chi connectivity index (χ0n) is 36.2. The Morgan fingerprint density at radius 1 is 0.917 bits per heavy atom. The summed E-state index contributed by atoms with van der Waals surface area (Å²) in [6.45, 7) is 11.5. The summed E-state index contributed by atoms with van der Waals surface area (Å²) in [7, 11) is 0. The summed E-state index contributed by atoms with van der Waals surface area (Å²) in [5, 5.41) is 27.8. The molecular weight excluding hydrogens is 763 g/mol. The Morgan fingerprint density at radius 2 is 1.68 bits per heavy atom. The highest BCUT2D eigenvalue weighted by Crippen LogP contribution is 2.59. The molecule has 4 aliphatic carbocycles. The van der Waals surface area contributed by atoms with Crippen LogP contribution in [0.3, 0.4) is 0 Å². The van der Waals surface area contributed by atoms with Gasteiger partial charge in [0.25, 0.3) is 0 Å². The van der Waals surface area contributed by atoms with Crippen molar-refractivity contribution >= 4 is 44.1 Å². The molecule has 9 rings (SSSR count). The largest absolute Gasteiger partial charge is 0.446 e. The van der Waals surface area contributed by atoms with Crippen molar-refractivity contribution < 1.29 is 24.5 Å². The summed E-state index contributed by atoms with van der Waals surface area (Å²) in [5.74, 6) is 0.970. The highest BCUT2D eigenvalue weighted by atomic mass is 32.1. The summed E-state index contributed by atoms with van der Waals surface area (Å²) in [5.41, 5.74) is 2.77. The van der Waals surface area contributed by atoms with Gasteiger partial charge in [-0.3, -0.25) is 4.79 Å². The van der Waals surface area contributed by atoms with E-state index in [2.05, 4.69) is 83.2 Å². The predicted molar refractivity (Wildman–Crippen MR) is 245 cm³/mol. The number of allylic oxidation sites excluding steroid dienone is 2. The van der Waals surface area contributed by atoms with E-state index in [0.717, 1.165) is 69.7 Å². The SMILES string of the molecule is CC1=CCC[C@@]2(C)[C@@H](CC[C@@]2(O)CN(Cc2cccc3ccccc23)C(=O)O[C@H]2C[C@@H](C)CC[C@@H]2C(C)C)c2ccc(cc2C(=O)c2cc3ccccc3s2)C[C@@H](O)CC1. The molecule has 60 heavy (non-hydrogen) atoms. The van der Waals surface area contributed by atoms with Crippen molar-refractivity contribution in [3.63, 3.8) is 0 Å². The number of hydrogen-bond donors (Lipinski definition) is 2. The Labute approximate surface area is 360 Å². The lowest BCUT2D eigenvalue weighted by Crippen LogP contribution is -2.54. The molecule has 0 aliphatic heterocycles. The van der Waals surface area contributed by atoms with Crippen LogP contribution in [-0.4, -0.2) is 51.3 Å². The topological polar surface area (TPSA) is 87.1 Å². The number of fused-ring (bicyclic) bond motifs is 10. The van der Waals surface area contributed by atoms with Gasteiger partial charge in [0.15, 0.2) is 0 Å². The molecule has 6 nitrogen and oxygen atoms in total. The van der Waals surface area contributed by atoms with Gasteiger partial charge < -0.3 is 19.8 Å². The van der Waals surface area contributed by atoms with E-state index in [1.807, 2.05) is 48.5 Å². The first-order chi connectivity index (χ1) is 28.8. The molecule has 4 aromatic carbocycles. The van der Waals surface area contributed by atoms with Crippen molar-refractivity contribution in [3.05, 3.63) is 130 Å². The first-order valence-corrected chi connectivity index (χ1v) is 23.3. The predicted octanol–water partition coefficient (Wildman–Crippen LogP) is 12.4. The normalized spacial score (nSPS) is 27.4. The van der Waals surface area contributed by atoms with E-state index in [9.17, 15) is 19.8 Å². The number of ether oxygens (including phenoxy) is 1. The van der Waals surface area contributed by atoms with E-state index in [4.69, 9.17) is 4.74 Å². The molecule has 2 bridgehead atoms. The van der Waals surface area contributed by atoms with Gasteiger partial charge in [-0.05, 0) is 139 Å². The van der Waals surface area contributed by atoms with Crippen molar-refractivity contribution in [3.8, 4) is 0 Å². The molecular formula is C53H63NO5S. The Balaban J connectivity index is 1.20. The van der Waals surface area contributed by atoms with E-state index >= 15 is 0 Å². The van der Waals surface area contributed by atoms with Crippen LogP contribution < -0.4 is 0 Å². The molecule has 2 saturated carbocycles. The second-order valence-electron chi connectivity index (χ2n) is 19.2. The van der Waals surface area contributed by atoms with Gasteiger partial charge in [0.1, 0.15) is 6.10 Å². The van der Waals surface area contributed by atoms with Crippen molar-refractivity contribution in [2.24, 2.45) is 23.2 Å². The molecule has 0 spiro atoms. The average molecular weight is 826 g/mol. The van der Waals surface area contributed by atoms with Crippen LogP contribution in [0, 0.1) is 23.2 Å². The van der Waals surface area contributed by atoms with E-state index in [1.54, 1.807) is 4.90 Å². The van der Waals surface area contributed by atoms with Crippen LogP contribution in [0.5, 0.6) is 0 Å². The minimum atomic E-state index is -1.29. The first-order valence-electron chi connectivity index (χ1n) is 22.5. The number of hydrogen-bond acceptors (Lipinski definition) is 6. The minimum Gasteiger partial charge on any atom is -0.446 e. The van der Waals surface area contributed by atoms with Gasteiger partial charge in [0, 0.05) is 22.2 Å². The standard InChI is InChI=1S/C53H63NO5S/c1-34(2)42-23-20-36(4)28-47(42)59-51(57)54(32-40-16-10-15-38-13-6-8-17-43(38)40)33-53(58)27-25-46-44-24-21-37(29-41(55)22-19-35(3)12-11-26-52(46,53)5)30-45(44)50(56)49-31-39-14-7-9-18-48(39)60-49/h6-10,12-18,21,24,30-31,34,36,41-42,46-47,55,58H,11,19-20,22-23,25-29,32-33H2,1-5H3/t36-,41-,42+,46-,47-,52-,53+/m0/s1. The lowest BCUT2D eigenvalue weighted by Gasteiger charge is -2.46. The molecule has 7 heteroatoms. The Kier molecular flexibility index (Phi) is 12.4. The van der Waals surface area contributed by atoms with Gasteiger partial charge in [-0.15, -0.1) is 11.3 Å². The first kappa shape index (κ1) is 42.4. The number of nitrogens with zero attached hydrogens (tertiary/aromatic N) is 1. The summed E-state index contributed by atoms with van der Waals surface area (Å²) in [6.07, 6.45) is 8.64. The fraction of sp³-hybridized carbons (Fsp3) is 0.472. The zero-order chi connectivity index (χ0) is 42.2. The maximum Gasteiger partial charge on any atom is 0.410 e. The van der Waals surface area contributed by atoms with E-state index in [-0.39, 0.29) is 36.4 Å². The van der Waals surface area contributed by atoms with Gasteiger partial charge in [0.05, 0.1) is 23.1 Å². The number of aliphatic hydroxyl groups is 2. The molecule has 0 unspecified atom stereocenters. The van der Waals surface area contributed by atoms with Gasteiger partial charge in [-0.1, -0.05) is 119 Å². The summed E-state index contributed by atoms with van der Waals surface area (Å²) in [4.78, 5) is 32.2. The summed E-state index contributed by atoms with van der Waals surface area (Å²) < 4.78 is 7.68. The number of benzene rings is 4. The monoisotopic (exact) mass is 825 g/mol. The van der Waals surface area contributed by atoms with Crippen LogP contribution in [0.15, 0.2) is 103 Å². The number of aliphatic hydroxyl groups excluding tert-OH is 1. The maximum absolute atomic E-state index is 14.9. The van der Waals surface area contributed by atoms with Gasteiger partial charge in [0.2, 0.25) is 5.78 Å². The van der Waals surface area contributed by atoms with Crippen LogP contribution in [0.2, 0.25) is 0 Å². The molecule has 2 fully saturated rings. The third-order valence-corrected chi connectivity index (χ3v) is 15.8. The Hall–Kier alpha value is -4.30. The molecule has 5 aromatic rings. The second-order valence-corrected chi connectivity index (χ2v) is 20.3. The quantitative estimate of drug-likeness (QED) is 0.120. The van der Waals surface area contributed by atoms with Crippen LogP contribution in [0.1, 0.15) is 130 Å². The van der Waals surface area contributed by atoms with Crippen LogP contribution >= 0.6 is 11.3 Å². The van der Waals surface area contributed by atoms with Crippen molar-refractivity contribution in [1.82, 2.24) is 4.90 Å². The molecule has 0 radical (unpaired) electrons. The van der Waals surface area contributed by atoms with Crippen molar-refractivity contribution in [2.75, 3.05) is 6.54 Å². The molecule has 7 atom stereocenters. The molecule has 1 amide bonds. The lowest BCUT2D eigenvalue weighted by molar-refractivity contribution is -0.0875. The number of ketones is 1. The third-order valence-electron chi connectivity index (χ3n) is 14.7. The number of carbonyl (C=O) groups excluding carboxylic acids is 2. The second kappa shape index (κ2) is 17.6. The third kappa shape index (κ3) is 8.60.